The number of amides is 1. The van der Waals surface area contributed by atoms with E-state index in [1.807, 2.05) is 24.9 Å². The van der Waals surface area contributed by atoms with Crippen molar-refractivity contribution in [2.45, 2.75) is 27.2 Å². The first-order valence-electron chi connectivity index (χ1n) is 6.27. The first-order valence-corrected chi connectivity index (χ1v) is 6.27. The van der Waals surface area contributed by atoms with Crippen LogP contribution in [0.3, 0.4) is 0 Å². The minimum atomic E-state index is 0.117. The van der Waals surface area contributed by atoms with Gasteiger partial charge in [0, 0.05) is 20.1 Å². The molecule has 2 rings (SSSR count). The van der Waals surface area contributed by atoms with Gasteiger partial charge in [0.25, 0.3) is 5.91 Å². The second-order valence-electron chi connectivity index (χ2n) is 5.45. The van der Waals surface area contributed by atoms with E-state index in [2.05, 4.69) is 18.9 Å². The van der Waals surface area contributed by atoms with E-state index >= 15 is 0 Å². The number of rotatable bonds is 1. The van der Waals surface area contributed by atoms with Crippen molar-refractivity contribution in [2.75, 3.05) is 13.1 Å². The topological polar surface area (TPSA) is 38.1 Å². The second-order valence-corrected chi connectivity index (χ2v) is 5.45. The fraction of sp³-hybridized carbons (Fsp3) is 0.692. The van der Waals surface area contributed by atoms with Crippen molar-refractivity contribution >= 4 is 5.91 Å². The number of carbonyl (C=O) groups excluding carboxylic acids is 1. The molecule has 1 saturated heterocycles. The van der Waals surface area contributed by atoms with E-state index in [1.165, 1.54) is 6.42 Å². The number of carbonyl (C=O) groups is 1. The third-order valence-electron chi connectivity index (χ3n) is 3.38. The second kappa shape index (κ2) is 4.51. The molecule has 0 radical (unpaired) electrons. The fourth-order valence-corrected chi connectivity index (χ4v) is 2.80. The van der Waals surface area contributed by atoms with Crippen molar-refractivity contribution in [3.05, 3.63) is 17.5 Å². The summed E-state index contributed by atoms with van der Waals surface area (Å²) in [6.07, 6.45) is 1.22. The Balaban J connectivity index is 2.17. The molecule has 0 unspecified atom stereocenters. The van der Waals surface area contributed by atoms with Gasteiger partial charge >= 0.3 is 0 Å². The van der Waals surface area contributed by atoms with Crippen molar-refractivity contribution in [3.63, 3.8) is 0 Å². The van der Waals surface area contributed by atoms with Crippen LogP contribution in [0.2, 0.25) is 0 Å². The lowest BCUT2D eigenvalue weighted by Crippen LogP contribution is -2.43. The summed E-state index contributed by atoms with van der Waals surface area (Å²) in [6.45, 7) is 8.08. The van der Waals surface area contributed by atoms with Crippen LogP contribution in [0.15, 0.2) is 6.07 Å². The maximum Gasteiger partial charge on any atom is 0.272 e. The van der Waals surface area contributed by atoms with Crippen molar-refractivity contribution in [1.82, 2.24) is 14.7 Å². The quantitative estimate of drug-likeness (QED) is 0.745. The third-order valence-corrected chi connectivity index (χ3v) is 3.38. The molecule has 0 aliphatic carbocycles. The summed E-state index contributed by atoms with van der Waals surface area (Å²) in [6, 6.07) is 1.87. The van der Waals surface area contributed by atoms with Crippen LogP contribution in [0, 0.1) is 18.8 Å². The number of hydrogen-bond donors (Lipinski definition) is 0. The number of likely N-dealkylation sites (tertiary alicyclic amines) is 1. The molecule has 1 aliphatic heterocycles. The Morgan fingerprint density at radius 2 is 1.94 bits per heavy atom. The molecule has 0 aromatic carbocycles. The lowest BCUT2D eigenvalue weighted by Gasteiger charge is -2.34. The predicted octanol–water partition coefficient (Wildman–Crippen LogP) is 1.85. The fourth-order valence-electron chi connectivity index (χ4n) is 2.80. The number of piperidine rings is 1. The first-order chi connectivity index (χ1) is 7.97. The summed E-state index contributed by atoms with van der Waals surface area (Å²) in [5.41, 5.74) is 1.60. The van der Waals surface area contributed by atoms with Gasteiger partial charge in [-0.05, 0) is 31.2 Å². The molecule has 1 amide bonds. The molecule has 17 heavy (non-hydrogen) atoms. The average molecular weight is 235 g/mol. The zero-order chi connectivity index (χ0) is 12.6. The summed E-state index contributed by atoms with van der Waals surface area (Å²) in [5, 5.41) is 4.23. The smallest absolute Gasteiger partial charge is 0.272 e. The highest BCUT2D eigenvalue weighted by atomic mass is 16.2. The Morgan fingerprint density at radius 3 is 2.41 bits per heavy atom. The van der Waals surface area contributed by atoms with Gasteiger partial charge in [0.15, 0.2) is 0 Å². The van der Waals surface area contributed by atoms with E-state index in [0.29, 0.717) is 17.5 Å². The monoisotopic (exact) mass is 235 g/mol. The summed E-state index contributed by atoms with van der Waals surface area (Å²) in [5.74, 6) is 1.31. The molecule has 1 aromatic rings. The normalized spacial score (nSPS) is 25.1. The molecular formula is C13H21N3O. The number of hydrogen-bond acceptors (Lipinski definition) is 2. The Hall–Kier alpha value is -1.32. The first kappa shape index (κ1) is 12.1. The van der Waals surface area contributed by atoms with Gasteiger partial charge in [-0.15, -0.1) is 0 Å². The minimum Gasteiger partial charge on any atom is -0.337 e. The summed E-state index contributed by atoms with van der Waals surface area (Å²) >= 11 is 0. The van der Waals surface area contributed by atoms with Crippen LogP contribution in [0.25, 0.3) is 0 Å². The van der Waals surface area contributed by atoms with Crippen molar-refractivity contribution < 1.29 is 4.79 Å². The van der Waals surface area contributed by atoms with Crippen LogP contribution in [-0.2, 0) is 7.05 Å². The molecule has 0 N–H and O–H groups in total. The highest BCUT2D eigenvalue weighted by Crippen LogP contribution is 2.22. The Bertz CT molecular complexity index is 414. The highest BCUT2D eigenvalue weighted by molar-refractivity contribution is 5.92. The molecule has 0 spiro atoms. The van der Waals surface area contributed by atoms with E-state index in [0.717, 1.165) is 18.8 Å². The van der Waals surface area contributed by atoms with Gasteiger partial charge in [0.05, 0.1) is 5.69 Å². The van der Waals surface area contributed by atoms with Crippen molar-refractivity contribution in [2.24, 2.45) is 18.9 Å². The van der Waals surface area contributed by atoms with Crippen molar-refractivity contribution in [1.29, 1.82) is 0 Å². The molecular weight excluding hydrogens is 214 g/mol. The van der Waals surface area contributed by atoms with Gasteiger partial charge in [-0.3, -0.25) is 9.48 Å². The van der Waals surface area contributed by atoms with Crippen LogP contribution in [-0.4, -0.2) is 33.7 Å². The van der Waals surface area contributed by atoms with E-state index in [-0.39, 0.29) is 5.91 Å². The molecule has 1 aromatic heterocycles. The van der Waals surface area contributed by atoms with Crippen LogP contribution in [0.5, 0.6) is 0 Å². The predicted molar refractivity (Wildman–Crippen MR) is 66.8 cm³/mol. The lowest BCUT2D eigenvalue weighted by atomic mass is 9.92. The van der Waals surface area contributed by atoms with E-state index in [9.17, 15) is 4.79 Å². The average Bonchev–Trinajstić information content (AvgIpc) is 2.55. The Morgan fingerprint density at radius 1 is 1.35 bits per heavy atom. The standard InChI is InChI=1S/C13H21N3O/c1-9-5-10(2)8-16(7-9)13(17)12-6-11(3)14-15(12)4/h6,9-10H,5,7-8H2,1-4H3/t9-,10-/m1/s1. The molecule has 4 nitrogen and oxygen atoms in total. The summed E-state index contributed by atoms with van der Waals surface area (Å²) < 4.78 is 1.68. The van der Waals surface area contributed by atoms with E-state index < -0.39 is 0 Å². The van der Waals surface area contributed by atoms with Gasteiger partial charge < -0.3 is 4.90 Å². The van der Waals surface area contributed by atoms with Crippen LogP contribution in [0.4, 0.5) is 0 Å². The summed E-state index contributed by atoms with van der Waals surface area (Å²) in [4.78, 5) is 14.4. The van der Waals surface area contributed by atoms with Crippen LogP contribution < -0.4 is 0 Å². The van der Waals surface area contributed by atoms with Gasteiger partial charge in [0.1, 0.15) is 5.69 Å². The number of aromatic nitrogens is 2. The van der Waals surface area contributed by atoms with Crippen molar-refractivity contribution in [3.8, 4) is 0 Å². The molecule has 0 saturated carbocycles. The third kappa shape index (κ3) is 2.51. The molecule has 94 valence electrons. The summed E-state index contributed by atoms with van der Waals surface area (Å²) in [7, 11) is 1.83. The Kier molecular flexibility index (Phi) is 3.22. The molecule has 1 fully saturated rings. The molecule has 0 bridgehead atoms. The largest absolute Gasteiger partial charge is 0.337 e. The van der Waals surface area contributed by atoms with E-state index in [1.54, 1.807) is 4.68 Å². The van der Waals surface area contributed by atoms with Gasteiger partial charge in [-0.2, -0.15) is 5.10 Å². The minimum absolute atomic E-state index is 0.117. The van der Waals surface area contributed by atoms with Gasteiger partial charge in [0.2, 0.25) is 0 Å². The van der Waals surface area contributed by atoms with Gasteiger partial charge in [-0.1, -0.05) is 13.8 Å². The van der Waals surface area contributed by atoms with Gasteiger partial charge in [-0.25, -0.2) is 0 Å². The Labute approximate surface area is 103 Å². The molecule has 1 aliphatic rings. The number of nitrogens with zero attached hydrogens (tertiary/aromatic N) is 3. The molecule has 4 heteroatoms. The van der Waals surface area contributed by atoms with Crippen LogP contribution in [0.1, 0.15) is 36.5 Å². The maximum absolute atomic E-state index is 12.4. The SMILES string of the molecule is Cc1cc(C(=O)N2C[C@H](C)C[C@@H](C)C2)n(C)n1. The number of aryl methyl sites for hydroxylation is 2. The maximum atomic E-state index is 12.4. The molecule has 2 atom stereocenters. The van der Waals surface area contributed by atoms with Crippen LogP contribution >= 0.6 is 0 Å². The van der Waals surface area contributed by atoms with E-state index in [4.69, 9.17) is 0 Å². The molecule has 2 heterocycles. The lowest BCUT2D eigenvalue weighted by molar-refractivity contribution is 0.0612. The zero-order valence-corrected chi connectivity index (χ0v) is 11.1. The zero-order valence-electron chi connectivity index (χ0n) is 11.1. The highest BCUT2D eigenvalue weighted by Gasteiger charge is 2.27.